The number of carbonyl (C=O) groups is 1. The van der Waals surface area contributed by atoms with Crippen LogP contribution in [0.1, 0.15) is 20.1 Å². The lowest BCUT2D eigenvalue weighted by molar-refractivity contribution is 0.0957. The van der Waals surface area contributed by atoms with Crippen LogP contribution in [0.4, 0.5) is 0 Å². The van der Waals surface area contributed by atoms with Gasteiger partial charge in [-0.15, -0.1) is 24.5 Å². The first kappa shape index (κ1) is 14.6. The summed E-state index contributed by atoms with van der Waals surface area (Å²) < 4.78 is 0. The molecule has 1 rings (SSSR count). The molecule has 0 aliphatic rings. The zero-order valence-corrected chi connectivity index (χ0v) is 11.4. The van der Waals surface area contributed by atoms with Crippen molar-refractivity contribution in [2.45, 2.75) is 13.5 Å². The second-order valence-electron chi connectivity index (χ2n) is 3.94. The Morgan fingerprint density at radius 2 is 2.11 bits per heavy atom. The Hall–Kier alpha value is -1.43. The van der Waals surface area contributed by atoms with E-state index in [4.69, 9.17) is 5.84 Å². The van der Waals surface area contributed by atoms with E-state index in [0.29, 0.717) is 4.88 Å². The fraction of sp³-hybridized carbons (Fsp3) is 0.308. The van der Waals surface area contributed by atoms with E-state index in [1.54, 1.807) is 0 Å². The van der Waals surface area contributed by atoms with Gasteiger partial charge in [0.05, 0.1) is 4.88 Å². The summed E-state index contributed by atoms with van der Waals surface area (Å²) >= 11 is 1.45. The smallest absolute Gasteiger partial charge is 0.275 e. The number of aryl methyl sites for hydroxylation is 1. The monoisotopic (exact) mass is 265 g/mol. The Morgan fingerprint density at radius 1 is 1.50 bits per heavy atom. The maximum Gasteiger partial charge on any atom is 0.275 e. The molecule has 0 unspecified atom stereocenters. The molecule has 4 nitrogen and oxygen atoms in total. The predicted molar refractivity (Wildman–Crippen MR) is 76.4 cm³/mol. The van der Waals surface area contributed by atoms with Crippen LogP contribution < -0.4 is 11.3 Å². The van der Waals surface area contributed by atoms with Gasteiger partial charge in [0.2, 0.25) is 0 Å². The summed E-state index contributed by atoms with van der Waals surface area (Å²) in [6.07, 6.45) is 3.72. The van der Waals surface area contributed by atoms with Gasteiger partial charge in [-0.2, -0.15) is 0 Å². The van der Waals surface area contributed by atoms with Gasteiger partial charge in [-0.25, -0.2) is 5.84 Å². The van der Waals surface area contributed by atoms with Gasteiger partial charge in [-0.3, -0.25) is 15.1 Å². The van der Waals surface area contributed by atoms with Crippen molar-refractivity contribution in [3.05, 3.63) is 46.7 Å². The third kappa shape index (κ3) is 3.80. The van der Waals surface area contributed by atoms with Crippen molar-refractivity contribution in [2.75, 3.05) is 13.1 Å². The van der Waals surface area contributed by atoms with Crippen LogP contribution in [-0.4, -0.2) is 23.9 Å². The quantitative estimate of drug-likeness (QED) is 0.342. The van der Waals surface area contributed by atoms with Gasteiger partial charge in [0.1, 0.15) is 0 Å². The SMILES string of the molecule is C=CCN(CC=C)Cc1cc(C(=O)NN)sc1C. The van der Waals surface area contributed by atoms with E-state index in [1.165, 1.54) is 11.3 Å². The highest BCUT2D eigenvalue weighted by Crippen LogP contribution is 2.22. The van der Waals surface area contributed by atoms with Gasteiger partial charge in [0, 0.05) is 24.5 Å². The molecule has 0 spiro atoms. The van der Waals surface area contributed by atoms with Crippen molar-refractivity contribution in [1.29, 1.82) is 0 Å². The molecule has 0 saturated heterocycles. The Balaban J connectivity index is 2.82. The summed E-state index contributed by atoms with van der Waals surface area (Å²) in [5, 5.41) is 0. The van der Waals surface area contributed by atoms with E-state index in [1.807, 2.05) is 25.1 Å². The standard InChI is InChI=1S/C13H19N3OS/c1-4-6-16(7-5-2)9-11-8-12(13(17)15-14)18-10(11)3/h4-5,8H,1-2,6-7,9,14H2,3H3,(H,15,17). The number of hydrogen-bond acceptors (Lipinski definition) is 4. The molecular formula is C13H19N3OS. The van der Waals surface area contributed by atoms with Crippen molar-refractivity contribution in [3.63, 3.8) is 0 Å². The highest BCUT2D eigenvalue weighted by molar-refractivity contribution is 7.14. The van der Waals surface area contributed by atoms with E-state index in [0.717, 1.165) is 30.1 Å². The number of carbonyl (C=O) groups excluding carboxylic acids is 1. The summed E-state index contributed by atoms with van der Waals surface area (Å²) in [6, 6.07) is 1.89. The van der Waals surface area contributed by atoms with E-state index >= 15 is 0 Å². The third-order valence-electron chi connectivity index (χ3n) is 2.54. The Kier molecular flexibility index (Phi) is 5.77. The minimum atomic E-state index is -0.242. The number of thiophene rings is 1. The molecule has 98 valence electrons. The normalized spacial score (nSPS) is 10.4. The lowest BCUT2D eigenvalue weighted by Crippen LogP contribution is -2.29. The third-order valence-corrected chi connectivity index (χ3v) is 3.64. The van der Waals surface area contributed by atoms with Crippen molar-refractivity contribution < 1.29 is 4.79 Å². The van der Waals surface area contributed by atoms with Gasteiger partial charge in [0.15, 0.2) is 0 Å². The Bertz CT molecular complexity index is 429. The first-order valence-electron chi connectivity index (χ1n) is 5.66. The summed E-state index contributed by atoms with van der Waals surface area (Å²) in [7, 11) is 0. The van der Waals surface area contributed by atoms with Gasteiger partial charge in [-0.05, 0) is 18.6 Å². The van der Waals surface area contributed by atoms with E-state index in [-0.39, 0.29) is 5.91 Å². The van der Waals surface area contributed by atoms with Crippen LogP contribution in [0.5, 0.6) is 0 Å². The van der Waals surface area contributed by atoms with Gasteiger partial charge < -0.3 is 0 Å². The number of amides is 1. The minimum absolute atomic E-state index is 0.242. The minimum Gasteiger partial charge on any atom is -0.292 e. The average Bonchev–Trinajstić information content (AvgIpc) is 2.71. The zero-order chi connectivity index (χ0) is 13.5. The molecule has 1 aromatic rings. The van der Waals surface area contributed by atoms with Crippen LogP contribution in [-0.2, 0) is 6.54 Å². The van der Waals surface area contributed by atoms with E-state index in [9.17, 15) is 4.79 Å². The van der Waals surface area contributed by atoms with E-state index in [2.05, 4.69) is 23.5 Å². The van der Waals surface area contributed by atoms with Crippen molar-refractivity contribution in [3.8, 4) is 0 Å². The summed E-state index contributed by atoms with van der Waals surface area (Å²) in [5.41, 5.74) is 3.29. The number of rotatable bonds is 7. The molecule has 1 amide bonds. The molecule has 0 radical (unpaired) electrons. The molecule has 0 bridgehead atoms. The number of hydrazine groups is 1. The number of nitrogens with one attached hydrogen (secondary N) is 1. The Morgan fingerprint density at radius 3 is 2.61 bits per heavy atom. The Labute approximate surface area is 112 Å². The molecule has 0 aromatic carbocycles. The lowest BCUT2D eigenvalue weighted by Gasteiger charge is -2.18. The molecule has 3 N–H and O–H groups in total. The second kappa shape index (κ2) is 7.10. The van der Waals surface area contributed by atoms with Crippen LogP contribution in [0.3, 0.4) is 0 Å². The summed E-state index contributed by atoms with van der Waals surface area (Å²) in [4.78, 5) is 15.4. The lowest BCUT2D eigenvalue weighted by atomic mass is 10.2. The fourth-order valence-electron chi connectivity index (χ4n) is 1.67. The second-order valence-corrected chi connectivity index (χ2v) is 5.19. The highest BCUT2D eigenvalue weighted by Gasteiger charge is 2.13. The number of hydrogen-bond donors (Lipinski definition) is 2. The number of nitrogens with zero attached hydrogens (tertiary/aromatic N) is 1. The van der Waals surface area contributed by atoms with Crippen LogP contribution in [0, 0.1) is 6.92 Å². The van der Waals surface area contributed by atoms with Crippen molar-refractivity contribution >= 4 is 17.2 Å². The molecule has 0 saturated carbocycles. The van der Waals surface area contributed by atoms with Crippen LogP contribution in [0.15, 0.2) is 31.4 Å². The predicted octanol–water partition coefficient (Wildman–Crippen LogP) is 1.83. The van der Waals surface area contributed by atoms with Gasteiger partial charge >= 0.3 is 0 Å². The maximum absolute atomic E-state index is 11.4. The topological polar surface area (TPSA) is 58.4 Å². The van der Waals surface area contributed by atoms with Gasteiger partial charge in [0.25, 0.3) is 5.91 Å². The largest absolute Gasteiger partial charge is 0.292 e. The van der Waals surface area contributed by atoms with E-state index < -0.39 is 0 Å². The molecule has 1 aromatic heterocycles. The number of nitrogens with two attached hydrogens (primary N) is 1. The van der Waals surface area contributed by atoms with Crippen molar-refractivity contribution in [1.82, 2.24) is 10.3 Å². The highest BCUT2D eigenvalue weighted by atomic mass is 32.1. The molecule has 0 fully saturated rings. The summed E-state index contributed by atoms with van der Waals surface area (Å²) in [5.74, 6) is 4.89. The molecule has 5 heteroatoms. The molecular weight excluding hydrogens is 246 g/mol. The first-order chi connectivity index (χ1) is 8.62. The van der Waals surface area contributed by atoms with Crippen LogP contribution in [0.25, 0.3) is 0 Å². The van der Waals surface area contributed by atoms with Crippen molar-refractivity contribution in [2.24, 2.45) is 5.84 Å². The molecule has 0 atom stereocenters. The molecule has 0 aliphatic heterocycles. The van der Waals surface area contributed by atoms with Crippen LogP contribution in [0.2, 0.25) is 0 Å². The fourth-order valence-corrected chi connectivity index (χ4v) is 2.61. The summed E-state index contributed by atoms with van der Waals surface area (Å²) in [6.45, 7) is 11.8. The molecule has 1 heterocycles. The maximum atomic E-state index is 11.4. The van der Waals surface area contributed by atoms with Gasteiger partial charge in [-0.1, -0.05) is 12.2 Å². The zero-order valence-electron chi connectivity index (χ0n) is 10.6. The number of nitrogen functional groups attached to an aromatic ring is 1. The average molecular weight is 265 g/mol. The van der Waals surface area contributed by atoms with Crippen LogP contribution >= 0.6 is 11.3 Å². The first-order valence-corrected chi connectivity index (χ1v) is 6.48. The molecule has 0 aliphatic carbocycles. The molecule has 18 heavy (non-hydrogen) atoms.